The topological polar surface area (TPSA) is 88.9 Å². The predicted molar refractivity (Wildman–Crippen MR) is 91.3 cm³/mol. The number of anilines is 1. The van der Waals surface area contributed by atoms with E-state index in [4.69, 9.17) is 5.26 Å². The molecule has 2 aromatic rings. The summed E-state index contributed by atoms with van der Waals surface area (Å²) < 4.78 is 0. The second kappa shape index (κ2) is 6.87. The van der Waals surface area contributed by atoms with Gasteiger partial charge >= 0.3 is 0 Å². The van der Waals surface area contributed by atoms with Crippen molar-refractivity contribution in [1.82, 2.24) is 19.9 Å². The minimum atomic E-state index is -0.0764. The fourth-order valence-electron chi connectivity index (χ4n) is 3.61. The number of H-pyrrole nitrogens is 1. The Balaban J connectivity index is 1.86. The molecule has 1 aliphatic heterocycles. The normalized spacial score (nSPS) is 20.3. The maximum Gasteiger partial charge on any atom is 0.237 e. The van der Waals surface area contributed by atoms with E-state index in [0.29, 0.717) is 6.54 Å². The summed E-state index contributed by atoms with van der Waals surface area (Å²) in [5.74, 6) is 0.827. The first-order valence-corrected chi connectivity index (χ1v) is 8.38. The van der Waals surface area contributed by atoms with Gasteiger partial charge < -0.3 is 14.8 Å². The Morgan fingerprint density at radius 2 is 2.38 bits per heavy atom. The summed E-state index contributed by atoms with van der Waals surface area (Å²) in [5, 5.41) is 9.85. The number of nitrogens with zero attached hydrogens (tertiary/aromatic N) is 5. The maximum absolute atomic E-state index is 12.3. The molecule has 0 aliphatic carbocycles. The minimum absolute atomic E-state index is 0.0568. The molecule has 2 atom stereocenters. The van der Waals surface area contributed by atoms with Crippen molar-refractivity contribution in [2.45, 2.75) is 45.2 Å². The van der Waals surface area contributed by atoms with Crippen LogP contribution in [0.25, 0.3) is 11.0 Å². The third-order valence-electron chi connectivity index (χ3n) is 4.73. The van der Waals surface area contributed by atoms with Crippen LogP contribution in [-0.4, -0.2) is 50.9 Å². The third-order valence-corrected chi connectivity index (χ3v) is 4.73. The molecule has 2 unspecified atom stereocenters. The molecule has 0 spiro atoms. The number of fused-ring (bicyclic) bond motifs is 1. The first-order chi connectivity index (χ1) is 11.7. The van der Waals surface area contributed by atoms with Gasteiger partial charge in [-0.1, -0.05) is 6.92 Å². The Morgan fingerprint density at radius 3 is 3.12 bits per heavy atom. The van der Waals surface area contributed by atoms with Crippen molar-refractivity contribution in [2.75, 3.05) is 18.0 Å². The number of aromatic amines is 1. The van der Waals surface area contributed by atoms with Crippen LogP contribution < -0.4 is 4.90 Å². The number of nitrogens with one attached hydrogen (secondary N) is 1. The van der Waals surface area contributed by atoms with Crippen molar-refractivity contribution in [3.8, 4) is 6.07 Å². The number of hydrogen-bond donors (Lipinski definition) is 1. The highest BCUT2D eigenvalue weighted by atomic mass is 16.2. The van der Waals surface area contributed by atoms with Crippen LogP contribution in [0.15, 0.2) is 18.6 Å². The number of carbonyl (C=O) groups is 1. The number of carbonyl (C=O) groups excluding carboxylic acids is 1. The molecule has 0 aromatic carbocycles. The molecule has 7 nitrogen and oxygen atoms in total. The number of aromatic nitrogens is 3. The zero-order valence-electron chi connectivity index (χ0n) is 14.1. The molecule has 1 N–H and O–H groups in total. The average molecular weight is 326 g/mol. The van der Waals surface area contributed by atoms with E-state index in [1.807, 2.05) is 23.2 Å². The second-order valence-corrected chi connectivity index (χ2v) is 6.15. The minimum Gasteiger partial charge on any atom is -0.351 e. The van der Waals surface area contributed by atoms with Crippen LogP contribution in [0.2, 0.25) is 0 Å². The fraction of sp³-hybridized carbons (Fsp3) is 0.529. The summed E-state index contributed by atoms with van der Waals surface area (Å²) in [4.78, 5) is 28.3. The maximum atomic E-state index is 12.3. The average Bonchev–Trinajstić information content (AvgIpc) is 3.19. The molecule has 126 valence electrons. The number of nitriles is 1. The number of hydrogen-bond acceptors (Lipinski definition) is 5. The van der Waals surface area contributed by atoms with Crippen LogP contribution >= 0.6 is 0 Å². The van der Waals surface area contributed by atoms with E-state index in [1.54, 1.807) is 6.33 Å². The monoisotopic (exact) mass is 326 g/mol. The van der Waals surface area contributed by atoms with Gasteiger partial charge in [0.1, 0.15) is 24.2 Å². The van der Waals surface area contributed by atoms with E-state index in [1.165, 1.54) is 0 Å². The van der Waals surface area contributed by atoms with Crippen LogP contribution in [0.5, 0.6) is 0 Å². The zero-order valence-corrected chi connectivity index (χ0v) is 14.1. The van der Waals surface area contributed by atoms with Crippen molar-refractivity contribution in [1.29, 1.82) is 5.26 Å². The lowest BCUT2D eigenvalue weighted by Crippen LogP contribution is -2.47. The van der Waals surface area contributed by atoms with Gasteiger partial charge in [0.05, 0.1) is 17.5 Å². The number of rotatable bonds is 5. The summed E-state index contributed by atoms with van der Waals surface area (Å²) in [7, 11) is 0. The van der Waals surface area contributed by atoms with Crippen molar-refractivity contribution >= 4 is 22.8 Å². The summed E-state index contributed by atoms with van der Waals surface area (Å²) in [6.45, 7) is 5.70. The lowest BCUT2D eigenvalue weighted by atomic mass is 10.1. The third kappa shape index (κ3) is 2.80. The molecule has 0 radical (unpaired) electrons. The van der Waals surface area contributed by atoms with Crippen molar-refractivity contribution in [3.05, 3.63) is 18.6 Å². The highest BCUT2D eigenvalue weighted by Crippen LogP contribution is 2.31. The van der Waals surface area contributed by atoms with Crippen LogP contribution in [0.4, 0.5) is 5.82 Å². The summed E-state index contributed by atoms with van der Waals surface area (Å²) in [6.07, 6.45) is 5.14. The Labute approximate surface area is 141 Å². The fourth-order valence-corrected chi connectivity index (χ4v) is 3.61. The quantitative estimate of drug-likeness (QED) is 0.908. The summed E-state index contributed by atoms with van der Waals surface area (Å²) in [6, 6.07) is 4.21. The summed E-state index contributed by atoms with van der Waals surface area (Å²) >= 11 is 0. The lowest BCUT2D eigenvalue weighted by molar-refractivity contribution is -0.132. The molecule has 7 heteroatoms. The van der Waals surface area contributed by atoms with Crippen LogP contribution in [0.1, 0.15) is 33.1 Å². The van der Waals surface area contributed by atoms with E-state index >= 15 is 0 Å². The molecule has 1 aliphatic rings. The van der Waals surface area contributed by atoms with Crippen LogP contribution in [0, 0.1) is 11.3 Å². The molecule has 3 rings (SSSR count). The van der Waals surface area contributed by atoms with E-state index in [2.05, 4.69) is 33.7 Å². The van der Waals surface area contributed by atoms with Gasteiger partial charge in [-0.3, -0.25) is 4.79 Å². The second-order valence-electron chi connectivity index (χ2n) is 6.15. The largest absolute Gasteiger partial charge is 0.351 e. The van der Waals surface area contributed by atoms with Gasteiger partial charge in [0, 0.05) is 25.3 Å². The molecule has 1 amide bonds. The standard InChI is InChI=1S/C17H22N6O/c1-3-9-23(15(24)4-7-18)14-6-10-22(12(14)2)17-13-5-8-19-16(13)20-11-21-17/h5,8,11-12,14H,3-4,6,9-10H2,1-2H3,(H,19,20,21). The lowest BCUT2D eigenvalue weighted by Gasteiger charge is -2.33. The smallest absolute Gasteiger partial charge is 0.237 e. The Hall–Kier alpha value is -2.62. The molecule has 1 fully saturated rings. The highest BCUT2D eigenvalue weighted by molar-refractivity contribution is 5.87. The van der Waals surface area contributed by atoms with Gasteiger partial charge in [0.2, 0.25) is 5.91 Å². The van der Waals surface area contributed by atoms with Gasteiger partial charge in [-0.2, -0.15) is 5.26 Å². The molecular weight excluding hydrogens is 304 g/mol. The zero-order chi connectivity index (χ0) is 17.1. The van der Waals surface area contributed by atoms with Gasteiger partial charge in [0.15, 0.2) is 0 Å². The Kier molecular flexibility index (Phi) is 4.65. The molecule has 1 saturated heterocycles. The molecule has 0 saturated carbocycles. The highest BCUT2D eigenvalue weighted by Gasteiger charge is 2.37. The number of amides is 1. The van der Waals surface area contributed by atoms with Crippen molar-refractivity contribution in [3.63, 3.8) is 0 Å². The first-order valence-electron chi connectivity index (χ1n) is 8.38. The van der Waals surface area contributed by atoms with Gasteiger partial charge in [0.25, 0.3) is 0 Å². The van der Waals surface area contributed by atoms with E-state index < -0.39 is 0 Å². The molecule has 2 aromatic heterocycles. The molecular formula is C17H22N6O. The van der Waals surface area contributed by atoms with E-state index in [9.17, 15) is 4.79 Å². The predicted octanol–water partition coefficient (Wildman–Crippen LogP) is 2.08. The Morgan fingerprint density at radius 1 is 1.54 bits per heavy atom. The van der Waals surface area contributed by atoms with Crippen LogP contribution in [0.3, 0.4) is 0 Å². The van der Waals surface area contributed by atoms with Gasteiger partial charge in [-0.05, 0) is 25.8 Å². The van der Waals surface area contributed by atoms with E-state index in [0.717, 1.165) is 36.2 Å². The molecule has 0 bridgehead atoms. The Bertz CT molecular complexity index is 764. The van der Waals surface area contributed by atoms with Gasteiger partial charge in [-0.15, -0.1) is 0 Å². The van der Waals surface area contributed by atoms with E-state index in [-0.39, 0.29) is 24.4 Å². The van der Waals surface area contributed by atoms with Crippen LogP contribution in [-0.2, 0) is 4.79 Å². The molecule has 3 heterocycles. The van der Waals surface area contributed by atoms with Crippen molar-refractivity contribution in [2.24, 2.45) is 0 Å². The van der Waals surface area contributed by atoms with Gasteiger partial charge in [-0.25, -0.2) is 9.97 Å². The first kappa shape index (κ1) is 16.2. The SMILES string of the molecule is CCCN(C(=O)CC#N)C1CCN(c2ncnc3[nH]ccc23)C1C. The molecule has 24 heavy (non-hydrogen) atoms. The summed E-state index contributed by atoms with van der Waals surface area (Å²) in [5.41, 5.74) is 0.821. The van der Waals surface area contributed by atoms with Crippen molar-refractivity contribution < 1.29 is 4.79 Å².